The minimum atomic E-state index is -0.492. The number of aliphatic hydroxyl groups is 1. The molecule has 0 radical (unpaired) electrons. The second kappa shape index (κ2) is 5.83. The smallest absolute Gasteiger partial charge is 0.276 e. The number of nitrogens with two attached hydrogens (primary N) is 1. The number of nitrogen functional groups attached to an aromatic ring is 1. The summed E-state index contributed by atoms with van der Waals surface area (Å²) in [5.74, 6) is 0.901. The molecule has 0 spiro atoms. The summed E-state index contributed by atoms with van der Waals surface area (Å²) < 4.78 is 0. The van der Waals surface area contributed by atoms with Crippen molar-refractivity contribution in [3.05, 3.63) is 22.2 Å². The van der Waals surface area contributed by atoms with Crippen molar-refractivity contribution in [2.75, 3.05) is 17.6 Å². The van der Waals surface area contributed by atoms with Crippen molar-refractivity contribution >= 4 is 17.3 Å². The summed E-state index contributed by atoms with van der Waals surface area (Å²) >= 11 is 0. The first kappa shape index (κ1) is 13.5. The molecule has 0 aliphatic heterocycles. The van der Waals surface area contributed by atoms with Crippen LogP contribution < -0.4 is 11.1 Å². The summed E-state index contributed by atoms with van der Waals surface area (Å²) in [5, 5.41) is 23.4. The highest BCUT2D eigenvalue weighted by Crippen LogP contribution is 2.25. The first-order valence-electron chi connectivity index (χ1n) is 6.38. The quantitative estimate of drug-likeness (QED) is 0.562. The molecular weight excluding hydrogens is 248 g/mol. The van der Waals surface area contributed by atoms with E-state index in [0.29, 0.717) is 18.3 Å². The van der Waals surface area contributed by atoms with Gasteiger partial charge in [0.1, 0.15) is 11.6 Å². The fourth-order valence-corrected chi connectivity index (χ4v) is 2.43. The molecule has 2 atom stereocenters. The van der Waals surface area contributed by atoms with Crippen LogP contribution in [0.5, 0.6) is 0 Å². The van der Waals surface area contributed by atoms with E-state index in [4.69, 9.17) is 5.73 Å². The van der Waals surface area contributed by atoms with Crippen LogP contribution in [0.15, 0.2) is 12.1 Å². The molecule has 2 unspecified atom stereocenters. The highest BCUT2D eigenvalue weighted by Gasteiger charge is 2.20. The van der Waals surface area contributed by atoms with Gasteiger partial charge >= 0.3 is 0 Å². The van der Waals surface area contributed by atoms with E-state index < -0.39 is 4.92 Å². The Balaban J connectivity index is 1.97. The van der Waals surface area contributed by atoms with Crippen molar-refractivity contribution in [3.8, 4) is 0 Å². The fraction of sp³-hybridized carbons (Fsp3) is 0.583. The number of nitro groups is 1. The molecule has 0 bridgehead atoms. The third kappa shape index (κ3) is 3.78. The number of aromatic nitrogens is 1. The lowest BCUT2D eigenvalue weighted by Gasteiger charge is -2.26. The first-order valence-corrected chi connectivity index (χ1v) is 6.38. The lowest BCUT2D eigenvalue weighted by atomic mass is 9.87. The van der Waals surface area contributed by atoms with Gasteiger partial charge in [-0.15, -0.1) is 0 Å². The van der Waals surface area contributed by atoms with Crippen LogP contribution in [0.4, 0.5) is 17.3 Å². The molecule has 0 amide bonds. The molecule has 7 heteroatoms. The van der Waals surface area contributed by atoms with Crippen LogP contribution in [0.25, 0.3) is 0 Å². The molecule has 0 saturated heterocycles. The molecule has 1 aliphatic rings. The lowest BCUT2D eigenvalue weighted by Crippen LogP contribution is -2.25. The van der Waals surface area contributed by atoms with Crippen molar-refractivity contribution < 1.29 is 10.0 Å². The van der Waals surface area contributed by atoms with Crippen LogP contribution in [0.1, 0.15) is 25.7 Å². The summed E-state index contributed by atoms with van der Waals surface area (Å²) in [6.45, 7) is 0.644. The second-order valence-corrected chi connectivity index (χ2v) is 4.96. The number of aliphatic hydroxyl groups excluding tert-OH is 1. The van der Waals surface area contributed by atoms with E-state index in [-0.39, 0.29) is 17.6 Å². The van der Waals surface area contributed by atoms with Crippen molar-refractivity contribution in [1.29, 1.82) is 0 Å². The number of hydrogen-bond donors (Lipinski definition) is 3. The molecule has 1 aromatic rings. The van der Waals surface area contributed by atoms with Gasteiger partial charge in [0.15, 0.2) is 0 Å². The van der Waals surface area contributed by atoms with Crippen LogP contribution >= 0.6 is 0 Å². The Bertz CT molecular complexity index is 466. The Morgan fingerprint density at radius 2 is 2.32 bits per heavy atom. The molecule has 0 aromatic carbocycles. The van der Waals surface area contributed by atoms with Gasteiger partial charge < -0.3 is 16.2 Å². The maximum atomic E-state index is 10.7. The molecule has 1 saturated carbocycles. The van der Waals surface area contributed by atoms with Gasteiger partial charge in [-0.05, 0) is 25.2 Å². The second-order valence-electron chi connectivity index (χ2n) is 4.96. The molecule has 1 aromatic heterocycles. The van der Waals surface area contributed by atoms with Gasteiger partial charge in [0.25, 0.3) is 5.69 Å². The molecule has 104 valence electrons. The molecular formula is C12H18N4O3. The monoisotopic (exact) mass is 266 g/mol. The van der Waals surface area contributed by atoms with Crippen molar-refractivity contribution in [1.82, 2.24) is 4.98 Å². The maximum Gasteiger partial charge on any atom is 0.276 e. The van der Waals surface area contributed by atoms with Crippen molar-refractivity contribution in [2.24, 2.45) is 5.92 Å². The zero-order valence-electron chi connectivity index (χ0n) is 10.6. The highest BCUT2D eigenvalue weighted by atomic mass is 16.6. The van der Waals surface area contributed by atoms with Crippen molar-refractivity contribution in [2.45, 2.75) is 31.8 Å². The van der Waals surface area contributed by atoms with Gasteiger partial charge in [0.2, 0.25) is 0 Å². The standard InChI is InChI=1S/C12H18N4O3/c13-11-5-9(16(18)19)6-12(15-11)14-7-8-2-1-3-10(17)4-8/h5-6,8,10,17H,1-4,7H2,(H3,13,14,15). The van der Waals surface area contributed by atoms with E-state index in [2.05, 4.69) is 10.3 Å². The summed E-state index contributed by atoms with van der Waals surface area (Å²) in [6, 6.07) is 2.60. The number of hydrogen-bond acceptors (Lipinski definition) is 6. The molecule has 1 heterocycles. The number of nitrogens with zero attached hydrogens (tertiary/aromatic N) is 2. The average Bonchev–Trinajstić information content (AvgIpc) is 2.36. The Morgan fingerprint density at radius 1 is 1.53 bits per heavy atom. The summed E-state index contributed by atoms with van der Waals surface area (Å²) in [6.07, 6.45) is 3.45. The number of nitrogens with one attached hydrogen (secondary N) is 1. The zero-order chi connectivity index (χ0) is 13.8. The van der Waals surface area contributed by atoms with Gasteiger partial charge in [-0.25, -0.2) is 4.98 Å². The predicted octanol–water partition coefficient (Wildman–Crippen LogP) is 1.53. The van der Waals surface area contributed by atoms with Gasteiger partial charge in [0, 0.05) is 6.54 Å². The molecule has 1 fully saturated rings. The minimum Gasteiger partial charge on any atom is -0.393 e. The average molecular weight is 266 g/mol. The molecule has 7 nitrogen and oxygen atoms in total. The van der Waals surface area contributed by atoms with Gasteiger partial charge in [-0.3, -0.25) is 10.1 Å². The number of rotatable bonds is 4. The van der Waals surface area contributed by atoms with Crippen LogP contribution in [0.2, 0.25) is 0 Å². The first-order chi connectivity index (χ1) is 9.04. The summed E-state index contributed by atoms with van der Waals surface area (Å²) in [5.41, 5.74) is 5.46. The van der Waals surface area contributed by atoms with E-state index in [1.807, 2.05) is 0 Å². The third-order valence-electron chi connectivity index (χ3n) is 3.37. The highest BCUT2D eigenvalue weighted by molar-refractivity contribution is 5.52. The largest absolute Gasteiger partial charge is 0.393 e. The van der Waals surface area contributed by atoms with E-state index in [0.717, 1.165) is 25.7 Å². The van der Waals surface area contributed by atoms with E-state index in [1.54, 1.807) is 0 Å². The lowest BCUT2D eigenvalue weighted by molar-refractivity contribution is -0.384. The SMILES string of the molecule is Nc1cc([N+](=O)[O-])cc(NCC2CCCC(O)C2)n1. The van der Waals surface area contributed by atoms with Gasteiger partial charge in [-0.1, -0.05) is 6.42 Å². The van der Waals surface area contributed by atoms with E-state index in [9.17, 15) is 15.2 Å². The molecule has 4 N–H and O–H groups in total. The maximum absolute atomic E-state index is 10.7. The van der Waals surface area contributed by atoms with Crippen LogP contribution in [-0.4, -0.2) is 27.7 Å². The number of pyridine rings is 1. The zero-order valence-corrected chi connectivity index (χ0v) is 10.6. The normalized spacial score (nSPS) is 23.0. The third-order valence-corrected chi connectivity index (χ3v) is 3.37. The predicted molar refractivity (Wildman–Crippen MR) is 71.8 cm³/mol. The van der Waals surface area contributed by atoms with Crippen LogP contribution in [0.3, 0.4) is 0 Å². The van der Waals surface area contributed by atoms with E-state index >= 15 is 0 Å². The molecule has 19 heavy (non-hydrogen) atoms. The molecule has 1 aliphatic carbocycles. The Kier molecular flexibility index (Phi) is 4.16. The Hall–Kier alpha value is -1.89. The van der Waals surface area contributed by atoms with Gasteiger partial charge in [-0.2, -0.15) is 0 Å². The summed E-state index contributed by atoms with van der Waals surface area (Å²) in [7, 11) is 0. The topological polar surface area (TPSA) is 114 Å². The molecule has 2 rings (SSSR count). The fourth-order valence-electron chi connectivity index (χ4n) is 2.43. The van der Waals surface area contributed by atoms with E-state index in [1.165, 1.54) is 12.1 Å². The van der Waals surface area contributed by atoms with Crippen molar-refractivity contribution in [3.63, 3.8) is 0 Å². The number of anilines is 2. The van der Waals surface area contributed by atoms with Crippen LogP contribution in [-0.2, 0) is 0 Å². The Morgan fingerprint density at radius 3 is 3.00 bits per heavy atom. The van der Waals surface area contributed by atoms with Crippen LogP contribution in [0, 0.1) is 16.0 Å². The summed E-state index contributed by atoms with van der Waals surface area (Å²) in [4.78, 5) is 14.2. The Labute approximate surface area is 111 Å². The van der Waals surface area contributed by atoms with Gasteiger partial charge in [0.05, 0.1) is 23.2 Å². The minimum absolute atomic E-state index is 0.0707.